The Morgan fingerprint density at radius 2 is 0.821 bits per heavy atom. The molecule has 0 radical (unpaired) electrons. The standard InChI is InChI=1S/C26H16N2/c1-3-11-27-23(5-1)21-13-17-7-9-19-15-22(24-6-2-4-12-28-24)16-20-10-8-18(14-21)25(17)26(19)20/h1-16H. The largest absolute Gasteiger partial charge is 0.256 e. The molecule has 2 aromatic heterocycles. The summed E-state index contributed by atoms with van der Waals surface area (Å²) in [5.74, 6) is 0. The number of benzene rings is 4. The summed E-state index contributed by atoms with van der Waals surface area (Å²) in [6.45, 7) is 0. The van der Waals surface area contributed by atoms with Gasteiger partial charge in [0, 0.05) is 23.5 Å². The highest BCUT2D eigenvalue weighted by Crippen LogP contribution is 2.38. The molecule has 2 heteroatoms. The summed E-state index contributed by atoms with van der Waals surface area (Å²) in [6, 6.07) is 30.0. The van der Waals surface area contributed by atoms with Crippen LogP contribution < -0.4 is 0 Å². The molecule has 2 nitrogen and oxygen atoms in total. The Balaban J connectivity index is 1.65. The Hall–Kier alpha value is -3.78. The number of aromatic nitrogens is 2. The fraction of sp³-hybridized carbons (Fsp3) is 0. The molecule has 6 aromatic rings. The Morgan fingerprint density at radius 1 is 0.429 bits per heavy atom. The molecule has 0 aliphatic carbocycles. The third-order valence-corrected chi connectivity index (χ3v) is 5.45. The first-order valence-corrected chi connectivity index (χ1v) is 9.42. The summed E-state index contributed by atoms with van der Waals surface area (Å²) in [5.41, 5.74) is 4.32. The van der Waals surface area contributed by atoms with E-state index in [1.54, 1.807) is 0 Å². The number of nitrogens with zero attached hydrogens (tertiary/aromatic N) is 2. The van der Waals surface area contributed by atoms with E-state index >= 15 is 0 Å². The lowest BCUT2D eigenvalue weighted by Gasteiger charge is -2.14. The van der Waals surface area contributed by atoms with E-state index in [2.05, 4.69) is 70.6 Å². The summed E-state index contributed by atoms with van der Waals surface area (Å²) in [4.78, 5) is 9.05. The quantitative estimate of drug-likeness (QED) is 0.322. The lowest BCUT2D eigenvalue weighted by Crippen LogP contribution is -1.89. The molecule has 28 heavy (non-hydrogen) atoms. The number of hydrogen-bond acceptors (Lipinski definition) is 2. The van der Waals surface area contributed by atoms with Gasteiger partial charge in [0.2, 0.25) is 0 Å². The minimum absolute atomic E-state index is 1.01. The second-order valence-electron chi connectivity index (χ2n) is 7.16. The average molecular weight is 356 g/mol. The summed E-state index contributed by atoms with van der Waals surface area (Å²) in [5, 5.41) is 7.65. The van der Waals surface area contributed by atoms with Crippen molar-refractivity contribution >= 4 is 32.3 Å². The average Bonchev–Trinajstić information content (AvgIpc) is 2.78. The molecule has 2 heterocycles. The van der Waals surface area contributed by atoms with E-state index in [1.807, 2.05) is 36.7 Å². The third-order valence-electron chi connectivity index (χ3n) is 5.45. The Labute approximate surface area is 162 Å². The van der Waals surface area contributed by atoms with Crippen LogP contribution in [0.15, 0.2) is 97.3 Å². The van der Waals surface area contributed by atoms with Crippen LogP contribution in [-0.4, -0.2) is 9.97 Å². The molecule has 0 spiro atoms. The number of rotatable bonds is 2. The van der Waals surface area contributed by atoms with Crippen molar-refractivity contribution < 1.29 is 0 Å². The Kier molecular flexibility index (Phi) is 3.20. The van der Waals surface area contributed by atoms with Gasteiger partial charge in [0.1, 0.15) is 0 Å². The third kappa shape index (κ3) is 2.28. The Bertz CT molecular complexity index is 1260. The zero-order chi connectivity index (χ0) is 18.5. The van der Waals surface area contributed by atoms with Gasteiger partial charge in [-0.3, -0.25) is 9.97 Å². The summed E-state index contributed by atoms with van der Waals surface area (Å²) in [6.07, 6.45) is 3.69. The van der Waals surface area contributed by atoms with Gasteiger partial charge in [-0.2, -0.15) is 0 Å². The highest BCUT2D eigenvalue weighted by atomic mass is 14.7. The van der Waals surface area contributed by atoms with Gasteiger partial charge in [-0.05, 0) is 80.8 Å². The van der Waals surface area contributed by atoms with Crippen LogP contribution in [0.5, 0.6) is 0 Å². The van der Waals surface area contributed by atoms with Crippen LogP contribution >= 0.6 is 0 Å². The summed E-state index contributed by atoms with van der Waals surface area (Å²) >= 11 is 0. The van der Waals surface area contributed by atoms with Crippen molar-refractivity contribution in [3.8, 4) is 22.5 Å². The second-order valence-corrected chi connectivity index (χ2v) is 7.16. The van der Waals surface area contributed by atoms with Gasteiger partial charge < -0.3 is 0 Å². The minimum Gasteiger partial charge on any atom is -0.256 e. The molecule has 0 fully saturated rings. The second kappa shape index (κ2) is 5.86. The maximum Gasteiger partial charge on any atom is 0.0702 e. The SMILES string of the molecule is c1ccc(-c2cc3ccc4cc(-c5ccccn5)cc5ccc(c2)c3c45)nc1. The summed E-state index contributed by atoms with van der Waals surface area (Å²) in [7, 11) is 0. The van der Waals surface area contributed by atoms with Gasteiger partial charge >= 0.3 is 0 Å². The highest BCUT2D eigenvalue weighted by Gasteiger charge is 2.12. The van der Waals surface area contributed by atoms with Crippen molar-refractivity contribution in [2.45, 2.75) is 0 Å². The van der Waals surface area contributed by atoms with Crippen LogP contribution in [0.25, 0.3) is 54.8 Å². The number of pyridine rings is 2. The van der Waals surface area contributed by atoms with Gasteiger partial charge in [0.05, 0.1) is 11.4 Å². The first kappa shape index (κ1) is 15.3. The topological polar surface area (TPSA) is 25.8 Å². The van der Waals surface area contributed by atoms with E-state index < -0.39 is 0 Å². The molecule has 0 saturated heterocycles. The fourth-order valence-electron chi connectivity index (χ4n) is 4.20. The molecule has 0 atom stereocenters. The molecule has 0 aliphatic heterocycles. The smallest absolute Gasteiger partial charge is 0.0702 e. The monoisotopic (exact) mass is 356 g/mol. The van der Waals surface area contributed by atoms with E-state index in [0.29, 0.717) is 0 Å². The van der Waals surface area contributed by atoms with Gasteiger partial charge in [0.25, 0.3) is 0 Å². The van der Waals surface area contributed by atoms with E-state index in [9.17, 15) is 0 Å². The molecule has 0 unspecified atom stereocenters. The van der Waals surface area contributed by atoms with Crippen LogP contribution in [0, 0.1) is 0 Å². The summed E-state index contributed by atoms with van der Waals surface area (Å²) < 4.78 is 0. The van der Waals surface area contributed by atoms with Gasteiger partial charge in [-0.25, -0.2) is 0 Å². The Morgan fingerprint density at radius 3 is 1.14 bits per heavy atom. The van der Waals surface area contributed by atoms with Gasteiger partial charge in [0.15, 0.2) is 0 Å². The molecule has 6 rings (SSSR count). The van der Waals surface area contributed by atoms with Crippen LogP contribution in [0.1, 0.15) is 0 Å². The van der Waals surface area contributed by atoms with Crippen LogP contribution in [0.3, 0.4) is 0 Å². The molecular weight excluding hydrogens is 340 g/mol. The van der Waals surface area contributed by atoms with Crippen molar-refractivity contribution in [3.05, 3.63) is 97.3 Å². The van der Waals surface area contributed by atoms with Crippen LogP contribution in [-0.2, 0) is 0 Å². The predicted octanol–water partition coefficient (Wildman–Crippen LogP) is 6.71. The molecule has 0 amide bonds. The first-order chi connectivity index (χ1) is 13.9. The van der Waals surface area contributed by atoms with Crippen LogP contribution in [0.4, 0.5) is 0 Å². The maximum atomic E-state index is 4.52. The van der Waals surface area contributed by atoms with E-state index in [4.69, 9.17) is 0 Å². The zero-order valence-corrected chi connectivity index (χ0v) is 15.1. The lowest BCUT2D eigenvalue weighted by atomic mass is 9.90. The minimum atomic E-state index is 1.01. The highest BCUT2D eigenvalue weighted by molar-refractivity contribution is 6.24. The zero-order valence-electron chi connectivity index (χ0n) is 15.1. The normalized spacial score (nSPS) is 11.6. The molecule has 0 saturated carbocycles. The number of hydrogen-bond donors (Lipinski definition) is 0. The molecule has 0 aliphatic rings. The maximum absolute atomic E-state index is 4.52. The van der Waals surface area contributed by atoms with Crippen molar-refractivity contribution in [3.63, 3.8) is 0 Å². The van der Waals surface area contributed by atoms with E-state index in [-0.39, 0.29) is 0 Å². The van der Waals surface area contributed by atoms with Crippen molar-refractivity contribution in [1.29, 1.82) is 0 Å². The molecule has 0 bridgehead atoms. The predicted molar refractivity (Wildman–Crippen MR) is 117 cm³/mol. The van der Waals surface area contributed by atoms with Gasteiger partial charge in [-0.15, -0.1) is 0 Å². The fourth-order valence-corrected chi connectivity index (χ4v) is 4.20. The molecule has 0 N–H and O–H groups in total. The van der Waals surface area contributed by atoms with Crippen molar-refractivity contribution in [2.75, 3.05) is 0 Å². The van der Waals surface area contributed by atoms with Crippen molar-refractivity contribution in [1.82, 2.24) is 9.97 Å². The molecule has 130 valence electrons. The van der Waals surface area contributed by atoms with Crippen molar-refractivity contribution in [2.24, 2.45) is 0 Å². The lowest BCUT2D eigenvalue weighted by molar-refractivity contribution is 1.33. The molecular formula is C26H16N2. The van der Waals surface area contributed by atoms with E-state index in [0.717, 1.165) is 22.5 Å². The van der Waals surface area contributed by atoms with Crippen LogP contribution in [0.2, 0.25) is 0 Å². The first-order valence-electron chi connectivity index (χ1n) is 9.42. The van der Waals surface area contributed by atoms with E-state index in [1.165, 1.54) is 32.3 Å². The molecule has 4 aromatic carbocycles. The van der Waals surface area contributed by atoms with Gasteiger partial charge in [-0.1, -0.05) is 36.4 Å².